The van der Waals surface area contributed by atoms with Crippen molar-refractivity contribution in [2.24, 2.45) is 0 Å². The molecule has 158 valence electrons. The topological polar surface area (TPSA) is 67.1 Å². The zero-order valence-electron chi connectivity index (χ0n) is 14.1. The second kappa shape index (κ2) is 7.02. The van der Waals surface area contributed by atoms with Crippen molar-refractivity contribution >= 4 is 6.20 Å². The third-order valence-electron chi connectivity index (χ3n) is 3.83. The van der Waals surface area contributed by atoms with E-state index in [1.807, 2.05) is 0 Å². The molecule has 29 heavy (non-hydrogen) atoms. The Labute approximate surface area is 157 Å². The second-order valence-electron chi connectivity index (χ2n) is 6.19. The molecule has 1 atom stereocenters. The van der Waals surface area contributed by atoms with Gasteiger partial charge in [-0.15, -0.1) is 5.10 Å². The SMILES string of the molecule is OC(/C=C\n1cnc(-c2cc(C(F)(F)F)nc(C(F)(F)F)c2)n1)N1CC(F)(F)C1. The summed E-state index contributed by atoms with van der Waals surface area (Å²) in [6.07, 6.45) is -8.53. The first-order chi connectivity index (χ1) is 13.2. The van der Waals surface area contributed by atoms with Gasteiger partial charge in [-0.3, -0.25) is 4.90 Å². The minimum Gasteiger partial charge on any atom is -0.375 e. The van der Waals surface area contributed by atoms with Gasteiger partial charge in [-0.05, 0) is 18.2 Å². The lowest BCUT2D eigenvalue weighted by Crippen LogP contribution is -2.59. The molecule has 1 aliphatic rings. The van der Waals surface area contributed by atoms with E-state index < -0.39 is 60.4 Å². The lowest BCUT2D eigenvalue weighted by molar-refractivity contribution is -0.171. The van der Waals surface area contributed by atoms with Crippen molar-refractivity contribution in [2.75, 3.05) is 13.1 Å². The van der Waals surface area contributed by atoms with Gasteiger partial charge in [-0.1, -0.05) is 0 Å². The number of rotatable bonds is 4. The van der Waals surface area contributed by atoms with E-state index in [9.17, 15) is 40.2 Å². The van der Waals surface area contributed by atoms with Crippen LogP contribution in [-0.2, 0) is 12.4 Å². The molecule has 0 bridgehead atoms. The summed E-state index contributed by atoms with van der Waals surface area (Å²) in [7, 11) is 0. The van der Waals surface area contributed by atoms with Crippen molar-refractivity contribution in [2.45, 2.75) is 24.5 Å². The molecule has 6 nitrogen and oxygen atoms in total. The minimum atomic E-state index is -5.12. The van der Waals surface area contributed by atoms with Crippen LogP contribution in [0.5, 0.6) is 0 Å². The maximum Gasteiger partial charge on any atom is 0.433 e. The number of pyridine rings is 1. The molecule has 0 amide bonds. The van der Waals surface area contributed by atoms with Gasteiger partial charge in [0.2, 0.25) is 0 Å². The van der Waals surface area contributed by atoms with Crippen LogP contribution in [0.3, 0.4) is 0 Å². The maximum atomic E-state index is 12.9. The molecule has 0 saturated carbocycles. The third kappa shape index (κ3) is 4.87. The number of alkyl halides is 8. The molecule has 14 heteroatoms. The molecule has 2 aromatic rings. The van der Waals surface area contributed by atoms with E-state index in [4.69, 9.17) is 0 Å². The van der Waals surface area contributed by atoms with Gasteiger partial charge in [-0.2, -0.15) is 26.3 Å². The van der Waals surface area contributed by atoms with E-state index in [2.05, 4.69) is 15.1 Å². The fourth-order valence-electron chi connectivity index (χ4n) is 2.45. The van der Waals surface area contributed by atoms with Crippen molar-refractivity contribution < 1.29 is 40.2 Å². The molecule has 0 aliphatic carbocycles. The van der Waals surface area contributed by atoms with Crippen LogP contribution in [0, 0.1) is 0 Å². The normalized spacial score (nSPS) is 18.8. The Morgan fingerprint density at radius 2 is 1.59 bits per heavy atom. The highest BCUT2D eigenvalue weighted by Gasteiger charge is 2.45. The predicted octanol–water partition coefficient (Wildman–Crippen LogP) is 3.12. The molecular formula is C15H11F8N5O. The number of aliphatic hydroxyl groups excluding tert-OH is 1. The van der Waals surface area contributed by atoms with Crippen molar-refractivity contribution in [1.29, 1.82) is 0 Å². The molecule has 1 unspecified atom stereocenters. The summed E-state index contributed by atoms with van der Waals surface area (Å²) in [4.78, 5) is 7.25. The quantitative estimate of drug-likeness (QED) is 0.757. The van der Waals surface area contributed by atoms with Crippen LogP contribution in [0.4, 0.5) is 35.1 Å². The Morgan fingerprint density at radius 3 is 2.07 bits per heavy atom. The monoisotopic (exact) mass is 429 g/mol. The van der Waals surface area contributed by atoms with E-state index >= 15 is 0 Å². The first kappa shape index (κ1) is 21.1. The second-order valence-corrected chi connectivity index (χ2v) is 6.19. The molecule has 1 aliphatic heterocycles. The summed E-state index contributed by atoms with van der Waals surface area (Å²) in [6, 6.07) is 0.741. The summed E-state index contributed by atoms with van der Waals surface area (Å²) in [5, 5.41) is 13.4. The fraction of sp³-hybridized carbons (Fsp3) is 0.400. The highest BCUT2D eigenvalue weighted by atomic mass is 19.4. The van der Waals surface area contributed by atoms with Crippen LogP contribution in [-0.4, -0.2) is 55.0 Å². The smallest absolute Gasteiger partial charge is 0.375 e. The van der Waals surface area contributed by atoms with Crippen molar-refractivity contribution in [1.82, 2.24) is 24.6 Å². The Morgan fingerprint density at radius 1 is 1.03 bits per heavy atom. The van der Waals surface area contributed by atoms with Crippen molar-refractivity contribution in [3.63, 3.8) is 0 Å². The van der Waals surface area contributed by atoms with E-state index in [1.54, 1.807) is 0 Å². The molecule has 2 aromatic heterocycles. The number of aliphatic hydroxyl groups is 1. The van der Waals surface area contributed by atoms with Crippen LogP contribution in [0.15, 0.2) is 24.5 Å². The molecule has 1 fully saturated rings. The van der Waals surface area contributed by atoms with Crippen LogP contribution in [0.2, 0.25) is 0 Å². The van der Waals surface area contributed by atoms with E-state index in [1.165, 1.54) is 0 Å². The number of aromatic nitrogens is 4. The number of nitrogens with zero attached hydrogens (tertiary/aromatic N) is 5. The summed E-state index contributed by atoms with van der Waals surface area (Å²) in [6.45, 7) is -1.31. The van der Waals surface area contributed by atoms with E-state index in [0.717, 1.165) is 28.2 Å². The summed E-state index contributed by atoms with van der Waals surface area (Å²) in [5.41, 5.74) is -4.10. The largest absolute Gasteiger partial charge is 0.433 e. The highest BCUT2D eigenvalue weighted by Crippen LogP contribution is 2.35. The zero-order chi connectivity index (χ0) is 21.6. The van der Waals surface area contributed by atoms with Gasteiger partial charge in [0.1, 0.15) is 23.9 Å². The third-order valence-corrected chi connectivity index (χ3v) is 3.83. The number of hydrogen-bond acceptors (Lipinski definition) is 5. The number of hydrogen-bond donors (Lipinski definition) is 1. The minimum absolute atomic E-state index is 0.371. The molecule has 0 aromatic carbocycles. The van der Waals surface area contributed by atoms with Gasteiger partial charge < -0.3 is 5.11 Å². The average Bonchev–Trinajstić information content (AvgIpc) is 3.04. The summed E-state index contributed by atoms with van der Waals surface area (Å²) >= 11 is 0. The van der Waals surface area contributed by atoms with E-state index in [0.29, 0.717) is 12.1 Å². The molecule has 1 N–H and O–H groups in total. The van der Waals surface area contributed by atoms with Gasteiger partial charge in [0, 0.05) is 11.8 Å². The molecule has 3 heterocycles. The molecule has 0 spiro atoms. The Hall–Kier alpha value is -2.61. The first-order valence-electron chi connectivity index (χ1n) is 7.81. The summed E-state index contributed by atoms with van der Waals surface area (Å²) < 4.78 is 104. The Balaban J connectivity index is 1.83. The summed E-state index contributed by atoms with van der Waals surface area (Å²) in [5.74, 6) is -3.36. The highest BCUT2D eigenvalue weighted by molar-refractivity contribution is 5.56. The Kier molecular flexibility index (Phi) is 5.11. The molecule has 1 saturated heterocycles. The first-order valence-corrected chi connectivity index (χ1v) is 7.81. The van der Waals surface area contributed by atoms with Crippen LogP contribution >= 0.6 is 0 Å². The van der Waals surface area contributed by atoms with Crippen molar-refractivity contribution in [3.05, 3.63) is 35.9 Å². The van der Waals surface area contributed by atoms with Crippen LogP contribution in [0.1, 0.15) is 11.4 Å². The predicted molar refractivity (Wildman–Crippen MR) is 81.1 cm³/mol. The van der Waals surface area contributed by atoms with Gasteiger partial charge in [0.25, 0.3) is 5.92 Å². The lowest BCUT2D eigenvalue weighted by atomic mass is 10.1. The van der Waals surface area contributed by atoms with Gasteiger partial charge in [-0.25, -0.2) is 23.4 Å². The standard InChI is InChI=1S/C15H11F8N5O/c16-13(17)5-27(6-13)11(29)1-2-28-7-24-12(26-28)8-3-9(14(18,19)20)25-10(4-8)15(21,22)23/h1-4,7,11,29H,5-6H2/b2-1-. The van der Waals surface area contributed by atoms with E-state index in [-0.39, 0.29) is 0 Å². The molecular weight excluding hydrogens is 418 g/mol. The van der Waals surface area contributed by atoms with Gasteiger partial charge in [0.15, 0.2) is 5.82 Å². The van der Waals surface area contributed by atoms with Gasteiger partial charge >= 0.3 is 12.4 Å². The maximum absolute atomic E-state index is 12.9. The number of likely N-dealkylation sites (tertiary alicyclic amines) is 1. The average molecular weight is 429 g/mol. The molecule has 3 rings (SSSR count). The van der Waals surface area contributed by atoms with Crippen LogP contribution < -0.4 is 0 Å². The van der Waals surface area contributed by atoms with Crippen molar-refractivity contribution in [3.8, 4) is 11.4 Å². The fourth-order valence-corrected chi connectivity index (χ4v) is 2.45. The number of halogens is 8. The lowest BCUT2D eigenvalue weighted by Gasteiger charge is -2.40. The van der Waals surface area contributed by atoms with Gasteiger partial charge in [0.05, 0.1) is 13.1 Å². The van der Waals surface area contributed by atoms with Crippen LogP contribution in [0.25, 0.3) is 17.6 Å². The molecule has 0 radical (unpaired) electrons. The Bertz CT molecular complexity index is 880. The zero-order valence-corrected chi connectivity index (χ0v) is 14.1.